The predicted molar refractivity (Wildman–Crippen MR) is 83.5 cm³/mol. The molecule has 0 aliphatic heterocycles. The lowest BCUT2D eigenvalue weighted by atomic mass is 9.76. The number of methoxy groups -OCH3 is 1. The fraction of sp³-hybridized carbons (Fsp3) is 0.389. The number of rotatable bonds is 2. The Labute approximate surface area is 125 Å². The Balaban J connectivity index is 2.13. The summed E-state index contributed by atoms with van der Waals surface area (Å²) in [7, 11) is 1.67. The number of carbonyl (C=O) groups is 1. The van der Waals surface area contributed by atoms with Crippen LogP contribution in [0.25, 0.3) is 5.69 Å². The monoisotopic (exact) mass is 283 g/mol. The van der Waals surface area contributed by atoms with Crippen LogP contribution in [-0.4, -0.2) is 17.5 Å². The second-order valence-corrected chi connectivity index (χ2v) is 6.62. The van der Waals surface area contributed by atoms with Gasteiger partial charge in [-0.25, -0.2) is 0 Å². The van der Waals surface area contributed by atoms with Crippen LogP contribution in [-0.2, 0) is 6.42 Å². The van der Waals surface area contributed by atoms with E-state index in [-0.39, 0.29) is 11.2 Å². The van der Waals surface area contributed by atoms with Crippen molar-refractivity contribution in [3.63, 3.8) is 0 Å². The van der Waals surface area contributed by atoms with Crippen LogP contribution in [0.4, 0.5) is 0 Å². The number of hydrogen-bond donors (Lipinski definition) is 0. The van der Waals surface area contributed by atoms with Crippen LogP contribution in [0.2, 0.25) is 0 Å². The van der Waals surface area contributed by atoms with Crippen molar-refractivity contribution in [2.45, 2.75) is 33.6 Å². The first-order valence-electron chi connectivity index (χ1n) is 7.30. The molecule has 1 aromatic carbocycles. The van der Waals surface area contributed by atoms with Gasteiger partial charge in [-0.2, -0.15) is 0 Å². The van der Waals surface area contributed by atoms with E-state index in [4.69, 9.17) is 4.74 Å². The fourth-order valence-electron chi connectivity index (χ4n) is 3.24. The minimum Gasteiger partial charge on any atom is -0.497 e. The zero-order valence-electron chi connectivity index (χ0n) is 13.1. The maximum atomic E-state index is 12.4. The van der Waals surface area contributed by atoms with Crippen LogP contribution in [0, 0.1) is 12.3 Å². The second-order valence-electron chi connectivity index (χ2n) is 6.62. The van der Waals surface area contributed by atoms with E-state index in [2.05, 4.69) is 25.3 Å². The number of ether oxygens (including phenoxy) is 1. The van der Waals surface area contributed by atoms with E-state index in [1.54, 1.807) is 7.11 Å². The fourth-order valence-corrected chi connectivity index (χ4v) is 3.24. The maximum Gasteiger partial charge on any atom is 0.165 e. The highest BCUT2D eigenvalue weighted by atomic mass is 16.5. The van der Waals surface area contributed by atoms with Crippen molar-refractivity contribution in [3.8, 4) is 11.4 Å². The van der Waals surface area contributed by atoms with E-state index in [0.29, 0.717) is 6.42 Å². The highest BCUT2D eigenvalue weighted by Crippen LogP contribution is 2.37. The van der Waals surface area contributed by atoms with Crippen molar-refractivity contribution >= 4 is 5.78 Å². The molecule has 21 heavy (non-hydrogen) atoms. The van der Waals surface area contributed by atoms with Gasteiger partial charge in [0.25, 0.3) is 0 Å². The van der Waals surface area contributed by atoms with E-state index in [0.717, 1.165) is 34.8 Å². The van der Waals surface area contributed by atoms with Gasteiger partial charge in [0.05, 0.1) is 7.11 Å². The Hall–Kier alpha value is -2.03. The van der Waals surface area contributed by atoms with Crippen molar-refractivity contribution in [1.29, 1.82) is 0 Å². The Kier molecular flexibility index (Phi) is 3.16. The van der Waals surface area contributed by atoms with Gasteiger partial charge in [0.1, 0.15) is 5.75 Å². The number of nitrogens with zero attached hydrogens (tertiary/aromatic N) is 1. The molecule has 0 N–H and O–H groups in total. The Morgan fingerprint density at radius 3 is 2.43 bits per heavy atom. The molecule has 1 aliphatic carbocycles. The summed E-state index contributed by atoms with van der Waals surface area (Å²) in [5.74, 6) is 1.10. The Morgan fingerprint density at radius 2 is 1.81 bits per heavy atom. The molecule has 0 atom stereocenters. The molecule has 0 saturated heterocycles. The summed E-state index contributed by atoms with van der Waals surface area (Å²) in [6, 6.07) is 10.0. The topological polar surface area (TPSA) is 31.2 Å². The first-order chi connectivity index (χ1) is 9.91. The minimum atomic E-state index is 0.0269. The number of benzene rings is 1. The summed E-state index contributed by atoms with van der Waals surface area (Å²) in [5, 5.41) is 0. The van der Waals surface area contributed by atoms with Gasteiger partial charge in [-0.3, -0.25) is 4.79 Å². The molecule has 1 heterocycles. The van der Waals surface area contributed by atoms with Gasteiger partial charge in [-0.1, -0.05) is 13.8 Å². The van der Waals surface area contributed by atoms with Gasteiger partial charge in [-0.15, -0.1) is 0 Å². The van der Waals surface area contributed by atoms with Crippen molar-refractivity contribution in [3.05, 3.63) is 47.3 Å². The zero-order valence-corrected chi connectivity index (χ0v) is 13.1. The first-order valence-corrected chi connectivity index (χ1v) is 7.30. The Morgan fingerprint density at radius 1 is 1.14 bits per heavy atom. The smallest absolute Gasteiger partial charge is 0.165 e. The van der Waals surface area contributed by atoms with Crippen molar-refractivity contribution in [2.24, 2.45) is 5.41 Å². The lowest BCUT2D eigenvalue weighted by Gasteiger charge is -2.29. The molecule has 3 rings (SSSR count). The lowest BCUT2D eigenvalue weighted by Crippen LogP contribution is -2.27. The second kappa shape index (κ2) is 4.76. The number of aryl methyl sites for hydroxylation is 1. The third-order valence-corrected chi connectivity index (χ3v) is 4.20. The molecule has 0 unspecified atom stereocenters. The number of aromatic nitrogens is 1. The lowest BCUT2D eigenvalue weighted by molar-refractivity contribution is 0.0911. The normalized spacial score (nSPS) is 16.7. The van der Waals surface area contributed by atoms with Gasteiger partial charge < -0.3 is 9.30 Å². The van der Waals surface area contributed by atoms with E-state index in [9.17, 15) is 4.79 Å². The number of fused-ring (bicyclic) bond motifs is 1. The number of carbonyl (C=O) groups excluding carboxylic acids is 1. The molecule has 110 valence electrons. The van der Waals surface area contributed by atoms with Crippen molar-refractivity contribution in [1.82, 2.24) is 4.57 Å². The van der Waals surface area contributed by atoms with Gasteiger partial charge >= 0.3 is 0 Å². The summed E-state index contributed by atoms with van der Waals surface area (Å²) in [6.45, 7) is 6.38. The molecule has 3 nitrogen and oxygen atoms in total. The average molecular weight is 283 g/mol. The molecule has 1 aromatic heterocycles. The molecule has 2 aromatic rings. The predicted octanol–water partition coefficient (Wildman–Crippen LogP) is 3.95. The highest BCUT2D eigenvalue weighted by molar-refractivity contribution is 5.99. The van der Waals surface area contributed by atoms with Crippen LogP contribution in [0.1, 0.15) is 42.0 Å². The number of Topliss-reactive ketones (excluding diaryl/α,β-unsaturated/α-hetero) is 1. The van der Waals surface area contributed by atoms with Crippen LogP contribution in [0.5, 0.6) is 5.75 Å². The summed E-state index contributed by atoms with van der Waals surface area (Å²) >= 11 is 0. The van der Waals surface area contributed by atoms with Crippen LogP contribution in [0.15, 0.2) is 30.3 Å². The summed E-state index contributed by atoms with van der Waals surface area (Å²) in [5.41, 5.74) is 4.25. The quantitative estimate of drug-likeness (QED) is 0.835. The summed E-state index contributed by atoms with van der Waals surface area (Å²) in [4.78, 5) is 12.4. The number of hydrogen-bond acceptors (Lipinski definition) is 2. The number of ketones is 1. The van der Waals surface area contributed by atoms with Gasteiger partial charge in [0, 0.05) is 29.1 Å². The van der Waals surface area contributed by atoms with Gasteiger partial charge in [0.15, 0.2) is 5.78 Å². The van der Waals surface area contributed by atoms with E-state index >= 15 is 0 Å². The highest BCUT2D eigenvalue weighted by Gasteiger charge is 2.34. The zero-order chi connectivity index (χ0) is 15.2. The summed E-state index contributed by atoms with van der Waals surface area (Å²) < 4.78 is 7.42. The molecule has 0 bridgehead atoms. The largest absolute Gasteiger partial charge is 0.497 e. The van der Waals surface area contributed by atoms with E-state index in [1.165, 1.54) is 0 Å². The molecular weight excluding hydrogens is 262 g/mol. The molecular formula is C18H21NO2. The summed E-state index contributed by atoms with van der Waals surface area (Å²) in [6.07, 6.45) is 1.56. The van der Waals surface area contributed by atoms with Crippen molar-refractivity contribution < 1.29 is 9.53 Å². The first kappa shape index (κ1) is 13.9. The third kappa shape index (κ3) is 2.37. The SMILES string of the molecule is COc1ccc(-n2c(C)cc3c2CC(C)(C)CC3=O)cc1. The maximum absolute atomic E-state index is 12.4. The van der Waals surface area contributed by atoms with Crippen LogP contribution >= 0.6 is 0 Å². The molecule has 0 amide bonds. The molecule has 0 fully saturated rings. The minimum absolute atomic E-state index is 0.0269. The van der Waals surface area contributed by atoms with Gasteiger partial charge in [0.2, 0.25) is 0 Å². The van der Waals surface area contributed by atoms with Crippen LogP contribution < -0.4 is 4.74 Å². The van der Waals surface area contributed by atoms with E-state index in [1.807, 2.05) is 30.3 Å². The Bertz CT molecular complexity index is 693. The third-order valence-electron chi connectivity index (χ3n) is 4.20. The molecule has 0 radical (unpaired) electrons. The molecule has 3 heteroatoms. The molecule has 0 saturated carbocycles. The van der Waals surface area contributed by atoms with Crippen LogP contribution in [0.3, 0.4) is 0 Å². The average Bonchev–Trinajstić information content (AvgIpc) is 2.74. The van der Waals surface area contributed by atoms with Gasteiger partial charge in [-0.05, 0) is 49.1 Å². The standard InChI is InChI=1S/C18H21NO2/c1-12-9-15-16(10-18(2,3)11-17(15)20)19(12)13-5-7-14(21-4)8-6-13/h5-9H,10-11H2,1-4H3. The van der Waals surface area contributed by atoms with E-state index < -0.39 is 0 Å². The van der Waals surface area contributed by atoms with Crippen molar-refractivity contribution in [2.75, 3.05) is 7.11 Å². The molecule has 0 spiro atoms. The molecule has 1 aliphatic rings.